The number of aryl methyl sites for hydroxylation is 2. The van der Waals surface area contributed by atoms with Gasteiger partial charge in [-0.25, -0.2) is 0 Å². The number of hydrogen-bond acceptors (Lipinski definition) is 3. The van der Waals surface area contributed by atoms with Gasteiger partial charge in [-0.15, -0.1) is 0 Å². The lowest BCUT2D eigenvalue weighted by molar-refractivity contribution is -0.145. The van der Waals surface area contributed by atoms with Crippen LogP contribution in [-0.4, -0.2) is 27.7 Å². The lowest BCUT2D eigenvalue weighted by Crippen LogP contribution is -2.51. The Kier molecular flexibility index (Phi) is 3.81. The molecule has 2 rings (SSSR count). The minimum absolute atomic E-state index is 0.250. The Bertz CT molecular complexity index is 542. The smallest absolute Gasteiger partial charge is 0.324 e. The minimum Gasteiger partial charge on any atom is -0.481 e. The zero-order valence-electron chi connectivity index (χ0n) is 11.4. The molecule has 20 heavy (non-hydrogen) atoms. The first kappa shape index (κ1) is 14.5. The predicted octanol–water partition coefficient (Wildman–Crippen LogP) is 1.43. The van der Waals surface area contributed by atoms with E-state index >= 15 is 0 Å². The molecule has 5 nitrogen and oxygen atoms in total. The Morgan fingerprint density at radius 2 is 2.10 bits per heavy atom. The highest BCUT2D eigenvalue weighted by atomic mass is 16.4. The molecule has 0 unspecified atom stereocenters. The van der Waals surface area contributed by atoms with Crippen molar-refractivity contribution in [3.05, 3.63) is 35.4 Å². The number of carboxylic acid groups (broad SMARTS) is 2. The van der Waals surface area contributed by atoms with Gasteiger partial charge in [0.15, 0.2) is 0 Å². The highest BCUT2D eigenvalue weighted by Crippen LogP contribution is 2.47. The summed E-state index contributed by atoms with van der Waals surface area (Å²) in [5, 5.41) is 18.3. The fourth-order valence-corrected chi connectivity index (χ4v) is 2.71. The molecule has 0 heterocycles. The number of nitrogens with two attached hydrogens (primary N) is 1. The first-order valence-corrected chi connectivity index (χ1v) is 6.65. The van der Waals surface area contributed by atoms with Gasteiger partial charge in [-0.1, -0.05) is 29.8 Å². The van der Waals surface area contributed by atoms with Gasteiger partial charge in [-0.2, -0.15) is 0 Å². The molecule has 0 radical (unpaired) electrons. The molecule has 3 atom stereocenters. The molecule has 4 N–H and O–H groups in total. The maximum absolute atomic E-state index is 11.4. The molecule has 0 aromatic heterocycles. The summed E-state index contributed by atoms with van der Waals surface area (Å²) in [5.74, 6) is -3.16. The Balaban J connectivity index is 2.07. The fraction of sp³-hybridized carbons (Fsp3) is 0.467. The highest BCUT2D eigenvalue weighted by Gasteiger charge is 2.57. The van der Waals surface area contributed by atoms with Crippen molar-refractivity contribution in [1.29, 1.82) is 0 Å². The predicted molar refractivity (Wildman–Crippen MR) is 73.3 cm³/mol. The van der Waals surface area contributed by atoms with Gasteiger partial charge in [-0.05, 0) is 31.7 Å². The molecule has 0 saturated heterocycles. The first-order valence-electron chi connectivity index (χ1n) is 6.65. The number of aliphatic carboxylic acids is 2. The molecule has 1 aromatic carbocycles. The quantitative estimate of drug-likeness (QED) is 0.730. The monoisotopic (exact) mass is 277 g/mol. The van der Waals surface area contributed by atoms with Crippen LogP contribution in [0.15, 0.2) is 24.3 Å². The normalized spacial score (nSPS) is 23.9. The van der Waals surface area contributed by atoms with Crippen molar-refractivity contribution in [2.24, 2.45) is 17.6 Å². The van der Waals surface area contributed by atoms with Gasteiger partial charge in [-0.3, -0.25) is 9.59 Å². The molecule has 1 fully saturated rings. The molecule has 0 spiro atoms. The third kappa shape index (κ3) is 2.82. The van der Waals surface area contributed by atoms with Gasteiger partial charge in [0.05, 0.1) is 5.92 Å². The van der Waals surface area contributed by atoms with Crippen molar-refractivity contribution in [2.45, 2.75) is 31.7 Å². The van der Waals surface area contributed by atoms with Gasteiger partial charge < -0.3 is 15.9 Å². The van der Waals surface area contributed by atoms with Crippen LogP contribution in [0.25, 0.3) is 0 Å². The van der Waals surface area contributed by atoms with E-state index in [1.165, 1.54) is 0 Å². The molecule has 0 bridgehead atoms. The number of hydrogen-bond donors (Lipinski definition) is 3. The first-order chi connectivity index (χ1) is 9.34. The third-order valence-electron chi connectivity index (χ3n) is 4.08. The Hall–Kier alpha value is -1.88. The summed E-state index contributed by atoms with van der Waals surface area (Å²) in [6, 6.07) is 7.80. The maximum atomic E-state index is 11.4. The summed E-state index contributed by atoms with van der Waals surface area (Å²) < 4.78 is 0. The lowest BCUT2D eigenvalue weighted by atomic mass is 9.86. The van der Waals surface area contributed by atoms with Crippen LogP contribution < -0.4 is 5.73 Å². The Labute approximate surface area is 117 Å². The van der Waals surface area contributed by atoms with E-state index in [1.807, 2.05) is 31.2 Å². The molecular formula is C15H19NO4. The number of carboxylic acids is 2. The van der Waals surface area contributed by atoms with Crippen LogP contribution in [0.3, 0.4) is 0 Å². The van der Waals surface area contributed by atoms with E-state index in [-0.39, 0.29) is 6.42 Å². The number of carbonyl (C=O) groups is 2. The second kappa shape index (κ2) is 5.25. The average Bonchev–Trinajstić information content (AvgIpc) is 3.16. The van der Waals surface area contributed by atoms with Crippen molar-refractivity contribution >= 4 is 11.9 Å². The van der Waals surface area contributed by atoms with E-state index < -0.39 is 29.3 Å². The van der Waals surface area contributed by atoms with Crippen LogP contribution in [0.2, 0.25) is 0 Å². The molecule has 108 valence electrons. The van der Waals surface area contributed by atoms with Crippen LogP contribution in [0.5, 0.6) is 0 Å². The molecule has 0 amide bonds. The third-order valence-corrected chi connectivity index (χ3v) is 4.08. The van der Waals surface area contributed by atoms with E-state index in [0.29, 0.717) is 12.8 Å². The second-order valence-electron chi connectivity index (χ2n) is 5.62. The van der Waals surface area contributed by atoms with Crippen LogP contribution in [0, 0.1) is 18.8 Å². The van der Waals surface area contributed by atoms with Gasteiger partial charge in [0, 0.05) is 5.92 Å². The standard InChI is InChI=1S/C15H19NO4/c1-9-3-2-4-10(7-9)5-6-15(16,14(19)20)12-8-11(12)13(17)18/h2-4,7,11-12H,5-6,8,16H2,1H3,(H,17,18)(H,19,20)/t11-,12-,15-/m0/s1. The largest absolute Gasteiger partial charge is 0.481 e. The molecule has 1 aliphatic rings. The number of rotatable bonds is 6. The van der Waals surface area contributed by atoms with Crippen LogP contribution in [0.4, 0.5) is 0 Å². The molecule has 0 aliphatic heterocycles. The van der Waals surface area contributed by atoms with Gasteiger partial charge in [0.25, 0.3) is 0 Å². The molecular weight excluding hydrogens is 258 g/mol. The van der Waals surface area contributed by atoms with Crippen molar-refractivity contribution in [3.8, 4) is 0 Å². The van der Waals surface area contributed by atoms with Crippen LogP contribution in [-0.2, 0) is 16.0 Å². The summed E-state index contributed by atoms with van der Waals surface area (Å²) in [6.45, 7) is 1.97. The van der Waals surface area contributed by atoms with E-state index in [1.54, 1.807) is 0 Å². The van der Waals surface area contributed by atoms with E-state index in [2.05, 4.69) is 0 Å². The fourth-order valence-electron chi connectivity index (χ4n) is 2.71. The van der Waals surface area contributed by atoms with Gasteiger partial charge in [0.2, 0.25) is 0 Å². The SMILES string of the molecule is Cc1cccc(CC[C@@](N)(C(=O)O)[C@H]2C[C@@H]2C(=O)O)c1. The maximum Gasteiger partial charge on any atom is 0.324 e. The molecule has 1 aliphatic carbocycles. The lowest BCUT2D eigenvalue weighted by Gasteiger charge is -2.25. The van der Waals surface area contributed by atoms with Crippen LogP contribution in [0.1, 0.15) is 24.0 Å². The average molecular weight is 277 g/mol. The molecule has 5 heteroatoms. The Morgan fingerprint density at radius 1 is 1.40 bits per heavy atom. The summed E-state index contributed by atoms with van der Waals surface area (Å²) >= 11 is 0. The van der Waals surface area contributed by atoms with Gasteiger partial charge in [0.1, 0.15) is 5.54 Å². The van der Waals surface area contributed by atoms with E-state index in [4.69, 9.17) is 10.8 Å². The van der Waals surface area contributed by atoms with E-state index in [9.17, 15) is 14.7 Å². The summed E-state index contributed by atoms with van der Waals surface area (Å²) in [6.07, 6.45) is 1.14. The topological polar surface area (TPSA) is 101 Å². The molecule has 1 aromatic rings. The minimum atomic E-state index is -1.45. The summed E-state index contributed by atoms with van der Waals surface area (Å²) in [5.41, 5.74) is 6.67. The Morgan fingerprint density at radius 3 is 2.60 bits per heavy atom. The van der Waals surface area contributed by atoms with Crippen molar-refractivity contribution < 1.29 is 19.8 Å². The zero-order valence-corrected chi connectivity index (χ0v) is 11.4. The van der Waals surface area contributed by atoms with E-state index in [0.717, 1.165) is 11.1 Å². The van der Waals surface area contributed by atoms with Crippen LogP contribution >= 0.6 is 0 Å². The van der Waals surface area contributed by atoms with Gasteiger partial charge >= 0.3 is 11.9 Å². The molecule has 1 saturated carbocycles. The summed E-state index contributed by atoms with van der Waals surface area (Å²) in [7, 11) is 0. The van der Waals surface area contributed by atoms with Crippen molar-refractivity contribution in [2.75, 3.05) is 0 Å². The van der Waals surface area contributed by atoms with Crippen molar-refractivity contribution in [1.82, 2.24) is 0 Å². The van der Waals surface area contributed by atoms with Crippen molar-refractivity contribution in [3.63, 3.8) is 0 Å². The second-order valence-corrected chi connectivity index (χ2v) is 5.62. The zero-order chi connectivity index (χ0) is 14.9. The summed E-state index contributed by atoms with van der Waals surface area (Å²) in [4.78, 5) is 22.4. The number of benzene rings is 1. The highest BCUT2D eigenvalue weighted by molar-refractivity contribution is 5.83.